The van der Waals surface area contributed by atoms with Crippen LogP contribution in [0.4, 0.5) is 0 Å². The Balaban J connectivity index is 1.40. The number of nitrogens with one attached hydrogen (secondary N) is 1. The van der Waals surface area contributed by atoms with Gasteiger partial charge in [-0.25, -0.2) is 0 Å². The molecule has 26 heavy (non-hydrogen) atoms. The van der Waals surface area contributed by atoms with Gasteiger partial charge in [0, 0.05) is 25.5 Å². The molecule has 0 spiro atoms. The molecular weight excluding hydrogens is 320 g/mol. The molecule has 1 aliphatic rings. The van der Waals surface area contributed by atoms with E-state index in [0.717, 1.165) is 31.7 Å². The van der Waals surface area contributed by atoms with Crippen LogP contribution in [0.1, 0.15) is 35.4 Å². The van der Waals surface area contributed by atoms with E-state index < -0.39 is 0 Å². The first kappa shape index (κ1) is 17.2. The molecule has 4 rings (SSSR count). The molecule has 1 N–H and O–H groups in total. The van der Waals surface area contributed by atoms with Gasteiger partial charge >= 0.3 is 0 Å². The summed E-state index contributed by atoms with van der Waals surface area (Å²) in [6.45, 7) is 2.21. The highest BCUT2D eigenvalue weighted by atomic mass is 16.5. The maximum absolute atomic E-state index is 5.58. The molecule has 0 radical (unpaired) electrons. The van der Waals surface area contributed by atoms with Gasteiger partial charge in [-0.3, -0.25) is 0 Å². The van der Waals surface area contributed by atoms with Crippen LogP contribution in [0.2, 0.25) is 0 Å². The number of likely N-dealkylation sites (N-methyl/N-ethyl adjacent to an activating group) is 1. The normalized spacial score (nSPS) is 16.8. The summed E-state index contributed by atoms with van der Waals surface area (Å²) in [6, 6.07) is 13.3. The van der Waals surface area contributed by atoms with Gasteiger partial charge in [0.25, 0.3) is 0 Å². The van der Waals surface area contributed by atoms with Crippen molar-refractivity contribution in [2.24, 2.45) is 0 Å². The molecule has 1 unspecified atom stereocenters. The molecule has 0 saturated heterocycles. The van der Waals surface area contributed by atoms with Crippen LogP contribution in [0, 0.1) is 0 Å². The molecule has 0 amide bonds. The number of aromatic nitrogens is 1. The van der Waals surface area contributed by atoms with Crippen molar-refractivity contribution in [3.05, 3.63) is 65.5 Å². The van der Waals surface area contributed by atoms with E-state index in [1.807, 2.05) is 0 Å². The van der Waals surface area contributed by atoms with Crippen molar-refractivity contribution in [1.29, 1.82) is 0 Å². The molecule has 0 fully saturated rings. The molecule has 2 aromatic carbocycles. The van der Waals surface area contributed by atoms with Crippen LogP contribution in [0.15, 0.2) is 48.8 Å². The Labute approximate surface area is 156 Å². The molecule has 0 aliphatic heterocycles. The highest BCUT2D eigenvalue weighted by Crippen LogP contribution is 2.36. The van der Waals surface area contributed by atoms with Crippen LogP contribution in [0.3, 0.4) is 0 Å². The smallest absolute Gasteiger partial charge is 0.122 e. The van der Waals surface area contributed by atoms with Crippen molar-refractivity contribution in [3.63, 3.8) is 0 Å². The molecule has 3 nitrogen and oxygen atoms in total. The van der Waals surface area contributed by atoms with Gasteiger partial charge in [0.1, 0.15) is 5.75 Å². The molecule has 1 aliphatic carbocycles. The van der Waals surface area contributed by atoms with E-state index in [4.69, 9.17) is 4.74 Å². The lowest BCUT2D eigenvalue weighted by Gasteiger charge is -2.30. The Morgan fingerprint density at radius 1 is 1.15 bits per heavy atom. The molecule has 1 heterocycles. The number of rotatable bonds is 6. The van der Waals surface area contributed by atoms with Crippen molar-refractivity contribution in [2.75, 3.05) is 27.2 Å². The number of hydrogen-bond donors (Lipinski definition) is 1. The third-order valence-corrected chi connectivity index (χ3v) is 5.75. The summed E-state index contributed by atoms with van der Waals surface area (Å²) in [7, 11) is 4.04. The van der Waals surface area contributed by atoms with Gasteiger partial charge in [0.2, 0.25) is 0 Å². The van der Waals surface area contributed by atoms with E-state index in [0.29, 0.717) is 5.92 Å². The molecule has 3 aromatic rings. The maximum Gasteiger partial charge on any atom is 0.122 e. The second kappa shape index (κ2) is 7.55. The first-order chi connectivity index (χ1) is 12.7. The maximum atomic E-state index is 5.58. The number of hydrogen-bond acceptors (Lipinski definition) is 2. The van der Waals surface area contributed by atoms with E-state index in [1.54, 1.807) is 7.11 Å². The largest absolute Gasteiger partial charge is 0.496 e. The summed E-state index contributed by atoms with van der Waals surface area (Å²) in [4.78, 5) is 5.67. The minimum atomic E-state index is 0.617. The SMILES string of the molecule is COc1cccc2c1CCCC2CN(C)CCc1ccc2c[nH]cc2c1. The lowest BCUT2D eigenvalue weighted by molar-refractivity contribution is 0.299. The molecule has 136 valence electrons. The van der Waals surface area contributed by atoms with Gasteiger partial charge in [-0.15, -0.1) is 0 Å². The summed E-state index contributed by atoms with van der Waals surface area (Å²) in [5.41, 5.74) is 4.34. The molecular formula is C23H28N2O. The Morgan fingerprint density at radius 2 is 2.04 bits per heavy atom. The monoisotopic (exact) mass is 348 g/mol. The van der Waals surface area contributed by atoms with Crippen molar-refractivity contribution < 1.29 is 4.74 Å². The summed E-state index contributed by atoms with van der Waals surface area (Å²) in [5.74, 6) is 1.68. The van der Waals surface area contributed by atoms with Gasteiger partial charge in [-0.05, 0) is 78.2 Å². The third kappa shape index (κ3) is 3.49. The number of benzene rings is 2. The zero-order chi connectivity index (χ0) is 17.9. The Hall–Kier alpha value is -2.26. The fourth-order valence-electron chi connectivity index (χ4n) is 4.34. The van der Waals surface area contributed by atoms with Gasteiger partial charge in [-0.1, -0.05) is 24.3 Å². The van der Waals surface area contributed by atoms with Crippen molar-refractivity contribution in [1.82, 2.24) is 9.88 Å². The lowest BCUT2D eigenvalue weighted by atomic mass is 9.82. The Kier molecular flexibility index (Phi) is 4.98. The van der Waals surface area contributed by atoms with E-state index in [-0.39, 0.29) is 0 Å². The van der Waals surface area contributed by atoms with Gasteiger partial charge < -0.3 is 14.6 Å². The average molecular weight is 348 g/mol. The number of aromatic amines is 1. The summed E-state index contributed by atoms with van der Waals surface area (Å²) in [6.07, 6.45) is 8.91. The topological polar surface area (TPSA) is 28.3 Å². The van der Waals surface area contributed by atoms with Crippen molar-refractivity contribution in [2.45, 2.75) is 31.6 Å². The van der Waals surface area contributed by atoms with Gasteiger partial charge in [0.15, 0.2) is 0 Å². The van der Waals surface area contributed by atoms with Crippen LogP contribution in [0.25, 0.3) is 10.8 Å². The van der Waals surface area contributed by atoms with Crippen LogP contribution in [-0.4, -0.2) is 37.1 Å². The van der Waals surface area contributed by atoms with Crippen molar-refractivity contribution >= 4 is 10.8 Å². The zero-order valence-electron chi connectivity index (χ0n) is 15.8. The zero-order valence-corrected chi connectivity index (χ0v) is 15.8. The van der Waals surface area contributed by atoms with Gasteiger partial charge in [0.05, 0.1) is 7.11 Å². The van der Waals surface area contributed by atoms with Crippen LogP contribution >= 0.6 is 0 Å². The molecule has 0 bridgehead atoms. The first-order valence-electron chi connectivity index (χ1n) is 9.64. The fraction of sp³-hybridized carbons (Fsp3) is 0.391. The fourth-order valence-corrected chi connectivity index (χ4v) is 4.34. The molecule has 3 heteroatoms. The summed E-state index contributed by atoms with van der Waals surface area (Å²) >= 11 is 0. The third-order valence-electron chi connectivity index (χ3n) is 5.75. The minimum Gasteiger partial charge on any atom is -0.496 e. The predicted molar refractivity (Wildman–Crippen MR) is 108 cm³/mol. The highest BCUT2D eigenvalue weighted by Gasteiger charge is 2.23. The van der Waals surface area contributed by atoms with E-state index >= 15 is 0 Å². The van der Waals surface area contributed by atoms with Crippen LogP contribution in [0.5, 0.6) is 5.75 Å². The highest BCUT2D eigenvalue weighted by molar-refractivity contribution is 5.82. The van der Waals surface area contributed by atoms with E-state index in [2.05, 4.69) is 65.7 Å². The van der Waals surface area contributed by atoms with Crippen molar-refractivity contribution in [3.8, 4) is 5.75 Å². The number of fused-ring (bicyclic) bond motifs is 2. The minimum absolute atomic E-state index is 0.617. The molecule has 1 atom stereocenters. The quantitative estimate of drug-likeness (QED) is 0.695. The Morgan fingerprint density at radius 3 is 2.92 bits per heavy atom. The van der Waals surface area contributed by atoms with E-state index in [9.17, 15) is 0 Å². The lowest BCUT2D eigenvalue weighted by Crippen LogP contribution is -2.28. The second-order valence-electron chi connectivity index (χ2n) is 7.55. The summed E-state index contributed by atoms with van der Waals surface area (Å²) in [5, 5.41) is 2.59. The number of nitrogens with zero attached hydrogens (tertiary/aromatic N) is 1. The molecule has 1 aromatic heterocycles. The van der Waals surface area contributed by atoms with E-state index in [1.165, 1.54) is 40.3 Å². The summed E-state index contributed by atoms with van der Waals surface area (Å²) < 4.78 is 5.58. The second-order valence-corrected chi connectivity index (χ2v) is 7.55. The van der Waals surface area contributed by atoms with Gasteiger partial charge in [-0.2, -0.15) is 0 Å². The number of ether oxygens (including phenoxy) is 1. The first-order valence-corrected chi connectivity index (χ1v) is 9.64. The number of H-pyrrole nitrogens is 1. The standard InChI is InChI=1S/C23H28N2O/c1-25(12-11-17-9-10-18-14-24-15-20(18)13-17)16-19-5-3-7-22-21(19)6-4-8-23(22)26-2/h4,6,8-10,13-15,19,24H,3,5,7,11-12,16H2,1-2H3. The van der Waals surface area contributed by atoms with Crippen LogP contribution in [-0.2, 0) is 12.8 Å². The van der Waals surface area contributed by atoms with Crippen LogP contribution < -0.4 is 4.74 Å². The predicted octanol–water partition coefficient (Wildman–Crippen LogP) is 4.77. The number of methoxy groups -OCH3 is 1. The Bertz CT molecular complexity index is 883. The molecule has 0 saturated carbocycles. The average Bonchev–Trinajstić information content (AvgIpc) is 3.14.